The Kier molecular flexibility index (Phi) is 11.2. The number of carbonyl (C=O) groups is 2. The number of ether oxygens (including phenoxy) is 3. The lowest BCUT2D eigenvalue weighted by atomic mass is 9.94. The fourth-order valence-electron chi connectivity index (χ4n) is 3.69. The van der Waals surface area contributed by atoms with E-state index in [1.165, 1.54) is 6.21 Å². The molecule has 0 aliphatic rings. The number of amides is 2. The average molecular weight is 617 g/mol. The van der Waals surface area contributed by atoms with Crippen molar-refractivity contribution < 1.29 is 23.8 Å². The van der Waals surface area contributed by atoms with Crippen molar-refractivity contribution in [1.29, 1.82) is 0 Å². The molecule has 0 aromatic heterocycles. The molecule has 1 unspecified atom stereocenters. The number of anilines is 1. The van der Waals surface area contributed by atoms with E-state index in [9.17, 15) is 9.59 Å². The molecule has 0 aliphatic carbocycles. The van der Waals surface area contributed by atoms with Crippen molar-refractivity contribution in [2.45, 2.75) is 27.4 Å². The number of benzene rings is 3. The predicted molar refractivity (Wildman–Crippen MR) is 157 cm³/mol. The Bertz CT molecular complexity index is 1310. The van der Waals surface area contributed by atoms with E-state index >= 15 is 0 Å². The van der Waals surface area contributed by atoms with E-state index in [2.05, 4.69) is 31.8 Å². The summed E-state index contributed by atoms with van der Waals surface area (Å²) in [5.74, 6) is -0.457. The normalized spacial score (nSPS) is 11.8. The van der Waals surface area contributed by atoms with Gasteiger partial charge in [0.05, 0.1) is 24.4 Å². The quantitative estimate of drug-likeness (QED) is 0.138. The van der Waals surface area contributed by atoms with Crippen LogP contribution < -0.4 is 25.0 Å². The zero-order valence-corrected chi connectivity index (χ0v) is 24.5. The van der Waals surface area contributed by atoms with Crippen LogP contribution in [0.1, 0.15) is 31.9 Å². The minimum Gasteiger partial charge on any atom is -0.497 e. The molecular formula is C29H31BrClN3O5. The molecule has 3 rings (SSSR count). The molecule has 39 heavy (non-hydrogen) atoms. The minimum atomic E-state index is -0.949. The Balaban J connectivity index is 1.69. The predicted octanol–water partition coefficient (Wildman–Crippen LogP) is 6.45. The summed E-state index contributed by atoms with van der Waals surface area (Å²) >= 11 is 9.78. The maximum Gasteiger partial charge on any atom is 0.252 e. The molecule has 0 aliphatic heterocycles. The standard InChI is InChI=1S/C29H31BrClN3O5/c1-5-38-25-15-19(14-23(30)27(25)39-17-20-8-6-7-9-24(20)31)16-32-34-29(36)26(18(2)3)28(35)33-21-10-12-22(37-4)13-11-21/h6-16,18,26H,5,17H2,1-4H3,(H,33,35)(H,34,36). The van der Waals surface area contributed by atoms with Crippen molar-refractivity contribution in [3.05, 3.63) is 81.3 Å². The lowest BCUT2D eigenvalue weighted by molar-refractivity contribution is -0.134. The van der Waals surface area contributed by atoms with Crippen molar-refractivity contribution >= 4 is 51.2 Å². The number of halogens is 2. The van der Waals surface area contributed by atoms with Gasteiger partial charge >= 0.3 is 0 Å². The lowest BCUT2D eigenvalue weighted by Gasteiger charge is -2.18. The molecule has 0 bridgehead atoms. The summed E-state index contributed by atoms with van der Waals surface area (Å²) in [5.41, 5.74) is 4.54. The van der Waals surface area contributed by atoms with Crippen LogP contribution in [-0.2, 0) is 16.2 Å². The van der Waals surface area contributed by atoms with Crippen molar-refractivity contribution in [3.8, 4) is 17.2 Å². The molecule has 0 saturated heterocycles. The molecule has 0 saturated carbocycles. The molecule has 3 aromatic rings. The first kappa shape index (κ1) is 30.0. The van der Waals surface area contributed by atoms with Crippen LogP contribution in [0.15, 0.2) is 70.2 Å². The van der Waals surface area contributed by atoms with Gasteiger partial charge < -0.3 is 19.5 Å². The monoisotopic (exact) mass is 615 g/mol. The fraction of sp³-hybridized carbons (Fsp3) is 0.276. The second-order valence-corrected chi connectivity index (χ2v) is 10.1. The molecule has 2 N–H and O–H groups in total. The summed E-state index contributed by atoms with van der Waals surface area (Å²) in [7, 11) is 1.56. The van der Waals surface area contributed by atoms with Gasteiger partial charge in [-0.1, -0.05) is 43.6 Å². The van der Waals surface area contributed by atoms with Crippen LogP contribution in [0.4, 0.5) is 5.69 Å². The van der Waals surface area contributed by atoms with Crippen molar-refractivity contribution in [2.75, 3.05) is 19.0 Å². The SMILES string of the molecule is CCOc1cc(C=NNC(=O)C(C(=O)Nc2ccc(OC)cc2)C(C)C)cc(Br)c1OCc1ccccc1Cl. The van der Waals surface area contributed by atoms with E-state index in [1.54, 1.807) is 63.4 Å². The van der Waals surface area contributed by atoms with E-state index in [-0.39, 0.29) is 12.5 Å². The molecule has 0 radical (unpaired) electrons. The molecule has 0 heterocycles. The summed E-state index contributed by atoms with van der Waals surface area (Å²) in [4.78, 5) is 25.7. The summed E-state index contributed by atoms with van der Waals surface area (Å²) < 4.78 is 17.6. The second kappa shape index (κ2) is 14.6. The first-order valence-electron chi connectivity index (χ1n) is 12.3. The van der Waals surface area contributed by atoms with Gasteiger partial charge in [0, 0.05) is 16.3 Å². The van der Waals surface area contributed by atoms with Crippen LogP contribution in [0.3, 0.4) is 0 Å². The zero-order valence-electron chi connectivity index (χ0n) is 22.2. The van der Waals surface area contributed by atoms with Crippen LogP contribution in [-0.4, -0.2) is 31.7 Å². The van der Waals surface area contributed by atoms with Gasteiger partial charge in [-0.05, 0) is 76.8 Å². The molecule has 8 nitrogen and oxygen atoms in total. The highest BCUT2D eigenvalue weighted by molar-refractivity contribution is 9.10. The van der Waals surface area contributed by atoms with Crippen LogP contribution in [0.25, 0.3) is 0 Å². The zero-order chi connectivity index (χ0) is 28.4. The third-order valence-corrected chi connectivity index (χ3v) is 6.60. The Hall–Kier alpha value is -3.56. The maximum atomic E-state index is 12.9. The molecular weight excluding hydrogens is 586 g/mol. The Labute approximate surface area is 241 Å². The number of nitrogens with one attached hydrogen (secondary N) is 2. The molecule has 2 amide bonds. The first-order chi connectivity index (χ1) is 18.7. The highest BCUT2D eigenvalue weighted by Crippen LogP contribution is 2.37. The number of nitrogens with zero attached hydrogens (tertiary/aromatic N) is 1. The van der Waals surface area contributed by atoms with Gasteiger partial charge in [-0.2, -0.15) is 5.10 Å². The number of rotatable bonds is 12. The molecule has 0 fully saturated rings. The molecule has 3 aromatic carbocycles. The molecule has 0 spiro atoms. The third-order valence-electron chi connectivity index (χ3n) is 5.64. The number of methoxy groups -OCH3 is 1. The van der Waals surface area contributed by atoms with Gasteiger partial charge in [-0.25, -0.2) is 5.43 Å². The summed E-state index contributed by atoms with van der Waals surface area (Å²) in [5, 5.41) is 7.47. The molecule has 206 valence electrons. The first-order valence-corrected chi connectivity index (χ1v) is 13.5. The smallest absolute Gasteiger partial charge is 0.252 e. The lowest BCUT2D eigenvalue weighted by Crippen LogP contribution is -2.39. The van der Waals surface area contributed by atoms with E-state index in [1.807, 2.05) is 25.1 Å². The maximum absolute atomic E-state index is 12.9. The van der Waals surface area contributed by atoms with Gasteiger partial charge in [0.25, 0.3) is 5.91 Å². The number of hydrogen-bond donors (Lipinski definition) is 2. The van der Waals surface area contributed by atoms with Crippen molar-refractivity contribution in [1.82, 2.24) is 5.43 Å². The van der Waals surface area contributed by atoms with E-state index in [4.69, 9.17) is 25.8 Å². The largest absolute Gasteiger partial charge is 0.497 e. The second-order valence-electron chi connectivity index (χ2n) is 8.82. The summed E-state index contributed by atoms with van der Waals surface area (Å²) in [6.07, 6.45) is 1.47. The number of hydrazone groups is 1. The highest BCUT2D eigenvalue weighted by Gasteiger charge is 2.30. The van der Waals surface area contributed by atoms with Crippen molar-refractivity contribution in [2.24, 2.45) is 16.9 Å². The van der Waals surface area contributed by atoms with Crippen LogP contribution in [0.5, 0.6) is 17.2 Å². The molecule has 1 atom stereocenters. The summed E-state index contributed by atoms with van der Waals surface area (Å²) in [6, 6.07) is 17.9. The molecule has 10 heteroatoms. The van der Waals surface area contributed by atoms with Gasteiger partial charge in [0.15, 0.2) is 11.5 Å². The van der Waals surface area contributed by atoms with E-state index < -0.39 is 17.7 Å². The van der Waals surface area contributed by atoms with Gasteiger partial charge in [0.2, 0.25) is 5.91 Å². The topological polar surface area (TPSA) is 98.2 Å². The Morgan fingerprint density at radius 1 is 1.05 bits per heavy atom. The van der Waals surface area contributed by atoms with Gasteiger partial charge in [0.1, 0.15) is 18.3 Å². The number of carbonyl (C=O) groups excluding carboxylic acids is 2. The van der Waals surface area contributed by atoms with Crippen molar-refractivity contribution in [3.63, 3.8) is 0 Å². The summed E-state index contributed by atoms with van der Waals surface area (Å²) in [6.45, 7) is 6.15. The van der Waals surface area contributed by atoms with Crippen LogP contribution >= 0.6 is 27.5 Å². The minimum absolute atomic E-state index is 0.258. The van der Waals surface area contributed by atoms with Crippen LogP contribution in [0, 0.1) is 11.8 Å². The number of hydrogen-bond acceptors (Lipinski definition) is 6. The van der Waals surface area contributed by atoms with Gasteiger partial charge in [-0.15, -0.1) is 0 Å². The Morgan fingerprint density at radius 2 is 1.77 bits per heavy atom. The average Bonchev–Trinajstić information content (AvgIpc) is 2.89. The highest BCUT2D eigenvalue weighted by atomic mass is 79.9. The van der Waals surface area contributed by atoms with E-state index in [0.29, 0.717) is 44.6 Å². The third kappa shape index (κ3) is 8.46. The van der Waals surface area contributed by atoms with Crippen LogP contribution in [0.2, 0.25) is 5.02 Å². The van der Waals surface area contributed by atoms with E-state index in [0.717, 1.165) is 5.56 Å². The Morgan fingerprint density at radius 3 is 2.41 bits per heavy atom. The fourth-order valence-corrected chi connectivity index (χ4v) is 4.45. The van der Waals surface area contributed by atoms with Gasteiger partial charge in [-0.3, -0.25) is 9.59 Å².